The zero-order valence-electron chi connectivity index (χ0n) is 10.8. The number of aromatic nitrogens is 3. The standard InChI is InChI=1S/C13H17N5S/c1-18-13(15-8-16-18)6-11(17-14)10-7-19-12-5-3-2-4-9(10)12/h2-5,8,10-11,17H,6-7,14H2,1H3. The molecule has 1 aliphatic heterocycles. The Balaban J connectivity index is 1.82. The minimum Gasteiger partial charge on any atom is -0.271 e. The van der Waals surface area contributed by atoms with E-state index in [1.165, 1.54) is 10.5 Å². The van der Waals surface area contributed by atoms with Crippen LogP contribution in [0.3, 0.4) is 0 Å². The van der Waals surface area contributed by atoms with Crippen molar-refractivity contribution in [3.05, 3.63) is 42.0 Å². The van der Waals surface area contributed by atoms with Crippen molar-refractivity contribution in [2.45, 2.75) is 23.3 Å². The molecule has 3 rings (SSSR count). The fraction of sp³-hybridized carbons (Fsp3) is 0.385. The second-order valence-corrected chi connectivity index (χ2v) is 5.79. The van der Waals surface area contributed by atoms with Crippen LogP contribution >= 0.6 is 11.8 Å². The van der Waals surface area contributed by atoms with Gasteiger partial charge in [0.15, 0.2) is 0 Å². The lowest BCUT2D eigenvalue weighted by Crippen LogP contribution is -2.42. The van der Waals surface area contributed by atoms with Gasteiger partial charge < -0.3 is 0 Å². The topological polar surface area (TPSA) is 68.8 Å². The number of nitrogens with two attached hydrogens (primary N) is 1. The number of fused-ring (bicyclic) bond motifs is 1. The van der Waals surface area contributed by atoms with Crippen molar-refractivity contribution < 1.29 is 0 Å². The van der Waals surface area contributed by atoms with Crippen molar-refractivity contribution >= 4 is 11.8 Å². The van der Waals surface area contributed by atoms with Gasteiger partial charge in [0.1, 0.15) is 12.2 Å². The molecule has 0 radical (unpaired) electrons. The summed E-state index contributed by atoms with van der Waals surface area (Å²) in [5, 5.41) is 4.11. The van der Waals surface area contributed by atoms with Gasteiger partial charge in [0.05, 0.1) is 0 Å². The number of nitrogens with one attached hydrogen (secondary N) is 1. The van der Waals surface area contributed by atoms with Crippen molar-refractivity contribution in [2.24, 2.45) is 12.9 Å². The first-order chi connectivity index (χ1) is 9.29. The smallest absolute Gasteiger partial charge is 0.138 e. The number of aryl methyl sites for hydroxylation is 1. The van der Waals surface area contributed by atoms with Gasteiger partial charge in [0.2, 0.25) is 0 Å². The van der Waals surface area contributed by atoms with Gasteiger partial charge in [0, 0.05) is 36.1 Å². The van der Waals surface area contributed by atoms with Gasteiger partial charge in [-0.25, -0.2) is 4.98 Å². The van der Waals surface area contributed by atoms with Crippen molar-refractivity contribution in [2.75, 3.05) is 5.75 Å². The molecular formula is C13H17N5S. The second kappa shape index (κ2) is 5.32. The fourth-order valence-corrected chi connectivity index (χ4v) is 3.87. The normalized spacial score (nSPS) is 19.4. The highest BCUT2D eigenvalue weighted by Gasteiger charge is 2.30. The Hall–Kier alpha value is -1.37. The molecular weight excluding hydrogens is 258 g/mol. The Bertz CT molecular complexity index is 568. The molecule has 5 nitrogen and oxygen atoms in total. The number of hydrogen-bond donors (Lipinski definition) is 2. The molecule has 19 heavy (non-hydrogen) atoms. The predicted octanol–water partition coefficient (Wildman–Crippen LogP) is 1.08. The second-order valence-electron chi connectivity index (χ2n) is 4.73. The van der Waals surface area contributed by atoms with Gasteiger partial charge >= 0.3 is 0 Å². The minimum absolute atomic E-state index is 0.180. The van der Waals surface area contributed by atoms with E-state index in [9.17, 15) is 0 Å². The number of benzene rings is 1. The van der Waals surface area contributed by atoms with Gasteiger partial charge in [0.25, 0.3) is 0 Å². The molecule has 2 aromatic rings. The van der Waals surface area contributed by atoms with Gasteiger partial charge in [-0.1, -0.05) is 18.2 Å². The van der Waals surface area contributed by atoms with Crippen LogP contribution in [0.1, 0.15) is 17.3 Å². The lowest BCUT2D eigenvalue weighted by Gasteiger charge is -2.22. The monoisotopic (exact) mass is 275 g/mol. The summed E-state index contributed by atoms with van der Waals surface area (Å²) in [5.41, 5.74) is 4.34. The summed E-state index contributed by atoms with van der Waals surface area (Å²) in [6.45, 7) is 0. The molecule has 0 fully saturated rings. The van der Waals surface area contributed by atoms with Crippen LogP contribution in [0.4, 0.5) is 0 Å². The maximum absolute atomic E-state index is 5.76. The number of hydrogen-bond acceptors (Lipinski definition) is 5. The third-order valence-electron chi connectivity index (χ3n) is 3.64. The Labute approximate surface area is 116 Å². The van der Waals surface area contributed by atoms with Crippen molar-refractivity contribution in [1.82, 2.24) is 20.2 Å². The maximum Gasteiger partial charge on any atom is 0.138 e. The summed E-state index contributed by atoms with van der Waals surface area (Å²) in [7, 11) is 1.91. The van der Waals surface area contributed by atoms with E-state index >= 15 is 0 Å². The first kappa shape index (κ1) is 12.7. The van der Waals surface area contributed by atoms with Gasteiger partial charge in [-0.3, -0.25) is 16.0 Å². The molecule has 1 aromatic carbocycles. The lowest BCUT2D eigenvalue weighted by molar-refractivity contribution is 0.447. The molecule has 0 aliphatic carbocycles. The molecule has 6 heteroatoms. The van der Waals surface area contributed by atoms with E-state index in [4.69, 9.17) is 5.84 Å². The molecule has 100 valence electrons. The summed E-state index contributed by atoms with van der Waals surface area (Å²) < 4.78 is 1.80. The third kappa shape index (κ3) is 2.39. The quantitative estimate of drug-likeness (QED) is 0.645. The highest BCUT2D eigenvalue weighted by atomic mass is 32.2. The third-order valence-corrected chi connectivity index (χ3v) is 4.85. The summed E-state index contributed by atoms with van der Waals surface area (Å²) >= 11 is 1.90. The molecule has 0 saturated carbocycles. The summed E-state index contributed by atoms with van der Waals surface area (Å²) in [6.07, 6.45) is 2.37. The molecule has 0 bridgehead atoms. The molecule has 3 N–H and O–H groups in total. The predicted molar refractivity (Wildman–Crippen MR) is 75.7 cm³/mol. The SMILES string of the molecule is Cn1ncnc1CC(NN)C1CSc2ccccc21. The Morgan fingerprint density at radius 1 is 1.53 bits per heavy atom. The number of hydrazine groups is 1. The molecule has 0 spiro atoms. The van der Waals surface area contributed by atoms with Crippen molar-refractivity contribution in [3.8, 4) is 0 Å². The number of nitrogens with zero attached hydrogens (tertiary/aromatic N) is 3. The van der Waals surface area contributed by atoms with Crippen molar-refractivity contribution in [3.63, 3.8) is 0 Å². The summed E-state index contributed by atoms with van der Waals surface area (Å²) in [4.78, 5) is 5.65. The highest BCUT2D eigenvalue weighted by molar-refractivity contribution is 7.99. The van der Waals surface area contributed by atoms with Crippen LogP contribution < -0.4 is 11.3 Å². The molecule has 2 heterocycles. The Kier molecular flexibility index (Phi) is 3.54. The van der Waals surface area contributed by atoms with Crippen LogP contribution in [0.25, 0.3) is 0 Å². The van der Waals surface area contributed by atoms with Gasteiger partial charge in [-0.2, -0.15) is 5.10 Å². The van der Waals surface area contributed by atoms with E-state index in [0.717, 1.165) is 18.0 Å². The van der Waals surface area contributed by atoms with Crippen LogP contribution in [-0.2, 0) is 13.5 Å². The molecule has 2 atom stereocenters. The number of thioether (sulfide) groups is 1. The molecule has 1 aliphatic rings. The van der Waals surface area contributed by atoms with E-state index in [2.05, 4.69) is 39.8 Å². The fourth-order valence-electron chi connectivity index (χ4n) is 2.54. The lowest BCUT2D eigenvalue weighted by atomic mass is 9.91. The minimum atomic E-state index is 0.180. The van der Waals surface area contributed by atoms with Crippen LogP contribution in [0.5, 0.6) is 0 Å². The number of rotatable bonds is 4. The summed E-state index contributed by atoms with van der Waals surface area (Å²) in [6, 6.07) is 8.73. The molecule has 1 aromatic heterocycles. The van der Waals surface area contributed by atoms with Crippen LogP contribution in [-0.4, -0.2) is 26.6 Å². The first-order valence-corrected chi connectivity index (χ1v) is 7.29. The average Bonchev–Trinajstić information content (AvgIpc) is 3.03. The maximum atomic E-state index is 5.76. The first-order valence-electron chi connectivity index (χ1n) is 6.30. The van der Waals surface area contributed by atoms with Crippen LogP contribution in [0, 0.1) is 0 Å². The van der Waals surface area contributed by atoms with Crippen LogP contribution in [0.15, 0.2) is 35.5 Å². The van der Waals surface area contributed by atoms with E-state index < -0.39 is 0 Å². The molecule has 0 saturated heterocycles. The Morgan fingerprint density at radius 2 is 2.37 bits per heavy atom. The molecule has 0 amide bonds. The van der Waals surface area contributed by atoms with E-state index in [-0.39, 0.29) is 6.04 Å². The summed E-state index contributed by atoms with van der Waals surface area (Å²) in [5.74, 6) is 8.20. The zero-order valence-corrected chi connectivity index (χ0v) is 11.6. The van der Waals surface area contributed by atoms with Crippen molar-refractivity contribution in [1.29, 1.82) is 0 Å². The van der Waals surface area contributed by atoms with Gasteiger partial charge in [-0.05, 0) is 11.6 Å². The van der Waals surface area contributed by atoms with E-state index in [1.807, 2.05) is 18.8 Å². The zero-order chi connectivity index (χ0) is 13.2. The van der Waals surface area contributed by atoms with E-state index in [1.54, 1.807) is 11.0 Å². The van der Waals surface area contributed by atoms with Gasteiger partial charge in [-0.15, -0.1) is 11.8 Å². The molecule has 2 unspecified atom stereocenters. The highest BCUT2D eigenvalue weighted by Crippen LogP contribution is 2.41. The Morgan fingerprint density at radius 3 is 3.11 bits per heavy atom. The van der Waals surface area contributed by atoms with Crippen LogP contribution in [0.2, 0.25) is 0 Å². The average molecular weight is 275 g/mol. The largest absolute Gasteiger partial charge is 0.271 e. The van der Waals surface area contributed by atoms with E-state index in [0.29, 0.717) is 5.92 Å².